The normalized spacial score (nSPS) is 12.2. The molecular weight excluding hydrogens is 281 g/mol. The van der Waals surface area contributed by atoms with E-state index in [4.69, 9.17) is 23.2 Å². The number of benzene rings is 1. The molecule has 0 heterocycles. The van der Waals surface area contributed by atoms with Crippen molar-refractivity contribution >= 4 is 40.9 Å². The fourth-order valence-corrected chi connectivity index (χ4v) is 2.55. The van der Waals surface area contributed by atoms with Gasteiger partial charge in [0.25, 0.3) is 0 Å². The van der Waals surface area contributed by atoms with Crippen molar-refractivity contribution < 1.29 is 9.53 Å². The number of likely N-dealkylation sites (N-methyl/N-ethyl adjacent to an activating group) is 1. The third kappa shape index (κ3) is 4.39. The van der Waals surface area contributed by atoms with E-state index in [-0.39, 0.29) is 12.0 Å². The molecule has 0 aliphatic carbocycles. The Balaban J connectivity index is 2.59. The summed E-state index contributed by atoms with van der Waals surface area (Å²) < 4.78 is 4.67. The quantitative estimate of drug-likeness (QED) is 0.669. The first-order valence-corrected chi connectivity index (χ1v) is 6.65. The van der Waals surface area contributed by atoms with Crippen molar-refractivity contribution in [2.75, 3.05) is 19.9 Å². The first-order valence-electron chi connectivity index (χ1n) is 4.91. The lowest BCUT2D eigenvalue weighted by Crippen LogP contribution is -2.37. The van der Waals surface area contributed by atoms with Gasteiger partial charge in [-0.1, -0.05) is 23.2 Å². The molecule has 1 aromatic rings. The van der Waals surface area contributed by atoms with Crippen molar-refractivity contribution in [1.82, 2.24) is 5.32 Å². The molecule has 0 aromatic heterocycles. The molecule has 0 fully saturated rings. The Kier molecular flexibility index (Phi) is 6.12. The Labute approximate surface area is 115 Å². The number of ether oxygens (including phenoxy) is 1. The van der Waals surface area contributed by atoms with E-state index < -0.39 is 0 Å². The maximum Gasteiger partial charge on any atom is 0.323 e. The fraction of sp³-hybridized carbons (Fsp3) is 0.364. The maximum absolute atomic E-state index is 11.3. The molecule has 0 radical (unpaired) electrons. The van der Waals surface area contributed by atoms with E-state index in [9.17, 15) is 4.79 Å². The van der Waals surface area contributed by atoms with Crippen LogP contribution in [0.5, 0.6) is 0 Å². The highest BCUT2D eigenvalue weighted by molar-refractivity contribution is 7.99. The molecule has 1 unspecified atom stereocenters. The van der Waals surface area contributed by atoms with Gasteiger partial charge in [0, 0.05) is 10.6 Å². The van der Waals surface area contributed by atoms with Crippen LogP contribution in [0.25, 0.3) is 0 Å². The van der Waals surface area contributed by atoms with E-state index in [1.54, 1.807) is 19.2 Å². The zero-order chi connectivity index (χ0) is 12.8. The second-order valence-electron chi connectivity index (χ2n) is 3.25. The number of hydrogen-bond acceptors (Lipinski definition) is 4. The summed E-state index contributed by atoms with van der Waals surface area (Å²) in [5.41, 5.74) is 0. The molecular formula is C11H13Cl2NO2S. The number of carbonyl (C=O) groups excluding carboxylic acids is 1. The Morgan fingerprint density at radius 1 is 1.47 bits per heavy atom. The molecule has 17 heavy (non-hydrogen) atoms. The molecule has 1 N–H and O–H groups in total. The topological polar surface area (TPSA) is 38.3 Å². The van der Waals surface area contributed by atoms with Crippen LogP contribution < -0.4 is 5.32 Å². The van der Waals surface area contributed by atoms with E-state index >= 15 is 0 Å². The van der Waals surface area contributed by atoms with Gasteiger partial charge in [0.05, 0.1) is 17.2 Å². The van der Waals surface area contributed by atoms with Crippen molar-refractivity contribution in [3.05, 3.63) is 28.2 Å². The zero-order valence-corrected chi connectivity index (χ0v) is 11.8. The van der Waals surface area contributed by atoms with E-state index in [2.05, 4.69) is 10.1 Å². The molecule has 0 spiro atoms. The summed E-state index contributed by atoms with van der Waals surface area (Å²) in [7, 11) is 3.09. The number of thioether (sulfide) groups is 1. The minimum Gasteiger partial charge on any atom is -0.468 e. The molecule has 0 saturated carbocycles. The Morgan fingerprint density at radius 3 is 2.71 bits per heavy atom. The summed E-state index contributed by atoms with van der Waals surface area (Å²) >= 11 is 13.2. The highest BCUT2D eigenvalue weighted by Crippen LogP contribution is 2.28. The van der Waals surface area contributed by atoms with E-state index in [1.165, 1.54) is 18.9 Å². The van der Waals surface area contributed by atoms with Crippen LogP contribution in [-0.2, 0) is 9.53 Å². The highest BCUT2D eigenvalue weighted by atomic mass is 35.5. The molecule has 0 aliphatic heterocycles. The summed E-state index contributed by atoms with van der Waals surface area (Å²) in [5, 5.41) is 3.93. The molecule has 3 nitrogen and oxygen atoms in total. The number of methoxy groups -OCH3 is 1. The lowest BCUT2D eigenvalue weighted by molar-refractivity contribution is -0.142. The number of esters is 1. The van der Waals surface area contributed by atoms with Gasteiger partial charge in [0.15, 0.2) is 0 Å². The monoisotopic (exact) mass is 293 g/mol. The third-order valence-corrected chi connectivity index (χ3v) is 3.97. The van der Waals surface area contributed by atoms with Gasteiger partial charge in [0.2, 0.25) is 0 Å². The molecule has 0 amide bonds. The van der Waals surface area contributed by atoms with Crippen LogP contribution in [0.3, 0.4) is 0 Å². The maximum atomic E-state index is 11.3. The van der Waals surface area contributed by atoms with Gasteiger partial charge in [-0.2, -0.15) is 0 Å². The van der Waals surface area contributed by atoms with Gasteiger partial charge >= 0.3 is 5.97 Å². The molecule has 94 valence electrons. The second-order valence-corrected chi connectivity index (χ2v) is 5.16. The minimum absolute atomic E-state index is 0.278. The molecule has 1 atom stereocenters. The summed E-state index contributed by atoms with van der Waals surface area (Å²) in [6, 6.07) is 5.04. The van der Waals surface area contributed by atoms with Crippen molar-refractivity contribution in [2.45, 2.75) is 10.9 Å². The largest absolute Gasteiger partial charge is 0.468 e. The molecule has 1 aromatic carbocycles. The molecule has 0 aliphatic rings. The average Bonchev–Trinajstić information content (AvgIpc) is 2.33. The van der Waals surface area contributed by atoms with Crippen LogP contribution in [-0.4, -0.2) is 31.9 Å². The smallest absolute Gasteiger partial charge is 0.323 e. The molecule has 0 bridgehead atoms. The van der Waals surface area contributed by atoms with E-state index in [1.807, 2.05) is 6.07 Å². The fourth-order valence-electron chi connectivity index (χ4n) is 1.16. The van der Waals surface area contributed by atoms with Gasteiger partial charge < -0.3 is 10.1 Å². The van der Waals surface area contributed by atoms with Crippen LogP contribution >= 0.6 is 35.0 Å². The van der Waals surface area contributed by atoms with Gasteiger partial charge in [0.1, 0.15) is 6.04 Å². The SMILES string of the molecule is CNC(CSc1ccc(Cl)c(Cl)c1)C(=O)OC. The van der Waals surface area contributed by atoms with Crippen molar-refractivity contribution in [1.29, 1.82) is 0 Å². The van der Waals surface area contributed by atoms with Gasteiger partial charge in [-0.05, 0) is 25.2 Å². The summed E-state index contributed by atoms with van der Waals surface area (Å²) in [6.07, 6.45) is 0. The second kappa shape index (κ2) is 7.11. The van der Waals surface area contributed by atoms with Crippen molar-refractivity contribution in [3.63, 3.8) is 0 Å². The van der Waals surface area contributed by atoms with Crippen molar-refractivity contribution in [3.8, 4) is 0 Å². The number of carbonyl (C=O) groups is 1. The van der Waals surface area contributed by atoms with Gasteiger partial charge in [-0.15, -0.1) is 11.8 Å². The Bertz CT molecular complexity index is 401. The van der Waals surface area contributed by atoms with Crippen LogP contribution in [0.4, 0.5) is 0 Å². The Morgan fingerprint density at radius 2 is 2.18 bits per heavy atom. The number of rotatable bonds is 5. The third-order valence-electron chi connectivity index (χ3n) is 2.14. The first-order chi connectivity index (χ1) is 8.08. The lowest BCUT2D eigenvalue weighted by atomic mass is 10.3. The average molecular weight is 294 g/mol. The first kappa shape index (κ1) is 14.6. The van der Waals surface area contributed by atoms with Crippen LogP contribution in [0.15, 0.2) is 23.1 Å². The standard InChI is InChI=1S/C11H13Cl2NO2S/c1-14-10(11(15)16-2)6-17-7-3-4-8(12)9(13)5-7/h3-5,10,14H,6H2,1-2H3. The zero-order valence-electron chi connectivity index (χ0n) is 9.50. The Hall–Kier alpha value is -0.420. The molecule has 0 saturated heterocycles. The predicted octanol–water partition coefficient (Wildman–Crippen LogP) is 2.85. The molecule has 6 heteroatoms. The van der Waals surface area contributed by atoms with Gasteiger partial charge in [-0.3, -0.25) is 4.79 Å². The summed E-state index contributed by atoms with van der Waals surface area (Å²) in [6.45, 7) is 0. The number of nitrogens with one attached hydrogen (secondary N) is 1. The summed E-state index contributed by atoms with van der Waals surface area (Å²) in [4.78, 5) is 12.3. The summed E-state index contributed by atoms with van der Waals surface area (Å²) in [5.74, 6) is 0.293. The predicted molar refractivity (Wildman–Crippen MR) is 72.0 cm³/mol. The van der Waals surface area contributed by atoms with E-state index in [0.717, 1.165) is 4.90 Å². The van der Waals surface area contributed by atoms with Crippen LogP contribution in [0.2, 0.25) is 10.0 Å². The van der Waals surface area contributed by atoms with Crippen LogP contribution in [0.1, 0.15) is 0 Å². The van der Waals surface area contributed by atoms with Crippen LogP contribution in [0, 0.1) is 0 Å². The molecule has 1 rings (SSSR count). The van der Waals surface area contributed by atoms with E-state index in [0.29, 0.717) is 15.8 Å². The number of hydrogen-bond donors (Lipinski definition) is 1. The highest BCUT2D eigenvalue weighted by Gasteiger charge is 2.16. The minimum atomic E-state index is -0.334. The lowest BCUT2D eigenvalue weighted by Gasteiger charge is -2.13. The van der Waals surface area contributed by atoms with Gasteiger partial charge in [-0.25, -0.2) is 0 Å². The number of halogens is 2. The van der Waals surface area contributed by atoms with Crippen molar-refractivity contribution in [2.24, 2.45) is 0 Å².